The minimum Gasteiger partial charge on any atom is -0.507 e. The Labute approximate surface area is 121 Å². The Balaban J connectivity index is 2.05. The molecule has 1 amide bonds. The van der Waals surface area contributed by atoms with Crippen molar-refractivity contribution in [2.24, 2.45) is 11.3 Å². The molecule has 2 rings (SSSR count). The molecule has 3 heteroatoms. The number of carbonyl (C=O) groups excluding carboxylic acids is 1. The molecule has 1 saturated heterocycles. The standard InChI is InChI=1S/C17H25NO2/c1-12-5-6-14(15(19)11-12)16(20)18-9-7-13(8-10-18)17(2,3)4/h5-6,11,13,19H,7-10H2,1-4H3. The van der Waals surface area contributed by atoms with Crippen LogP contribution in [0.1, 0.15) is 49.5 Å². The molecular formula is C17H25NO2. The van der Waals surface area contributed by atoms with Gasteiger partial charge in [-0.25, -0.2) is 0 Å². The van der Waals surface area contributed by atoms with Crippen molar-refractivity contribution in [2.75, 3.05) is 13.1 Å². The van der Waals surface area contributed by atoms with Gasteiger partial charge in [0, 0.05) is 13.1 Å². The summed E-state index contributed by atoms with van der Waals surface area (Å²) in [6.07, 6.45) is 2.09. The van der Waals surface area contributed by atoms with E-state index in [-0.39, 0.29) is 11.7 Å². The largest absolute Gasteiger partial charge is 0.507 e. The number of phenols is 1. The topological polar surface area (TPSA) is 40.5 Å². The lowest BCUT2D eigenvalue weighted by Gasteiger charge is -2.38. The average molecular weight is 275 g/mol. The number of aryl methyl sites for hydroxylation is 1. The number of hydrogen-bond acceptors (Lipinski definition) is 2. The molecule has 0 radical (unpaired) electrons. The van der Waals surface area contributed by atoms with Gasteiger partial charge in [-0.05, 0) is 48.8 Å². The molecule has 0 spiro atoms. The number of benzene rings is 1. The van der Waals surface area contributed by atoms with E-state index in [2.05, 4.69) is 20.8 Å². The van der Waals surface area contributed by atoms with Crippen LogP contribution in [0.15, 0.2) is 18.2 Å². The van der Waals surface area contributed by atoms with Gasteiger partial charge in [0.2, 0.25) is 0 Å². The first kappa shape index (κ1) is 14.9. The monoisotopic (exact) mass is 275 g/mol. The molecule has 110 valence electrons. The zero-order valence-corrected chi connectivity index (χ0v) is 12.9. The van der Waals surface area contributed by atoms with Gasteiger partial charge in [0.15, 0.2) is 0 Å². The Morgan fingerprint density at radius 2 is 1.85 bits per heavy atom. The maximum absolute atomic E-state index is 12.5. The van der Waals surface area contributed by atoms with Crippen LogP contribution in [0.5, 0.6) is 5.75 Å². The Morgan fingerprint density at radius 1 is 1.25 bits per heavy atom. The fraction of sp³-hybridized carbons (Fsp3) is 0.588. The highest BCUT2D eigenvalue weighted by Crippen LogP contribution is 2.35. The molecule has 0 aliphatic carbocycles. The predicted molar refractivity (Wildman–Crippen MR) is 80.9 cm³/mol. The first-order chi connectivity index (χ1) is 9.29. The van der Waals surface area contributed by atoms with Crippen molar-refractivity contribution >= 4 is 5.91 Å². The quantitative estimate of drug-likeness (QED) is 0.850. The number of piperidine rings is 1. The van der Waals surface area contributed by atoms with Crippen molar-refractivity contribution in [3.8, 4) is 5.75 Å². The highest BCUT2D eigenvalue weighted by atomic mass is 16.3. The average Bonchev–Trinajstić information content (AvgIpc) is 2.37. The second kappa shape index (κ2) is 5.47. The Morgan fingerprint density at radius 3 is 2.35 bits per heavy atom. The zero-order valence-electron chi connectivity index (χ0n) is 12.9. The summed E-state index contributed by atoms with van der Waals surface area (Å²) in [6.45, 7) is 10.3. The van der Waals surface area contributed by atoms with E-state index in [0.717, 1.165) is 31.5 Å². The number of rotatable bonds is 1. The van der Waals surface area contributed by atoms with Gasteiger partial charge in [0.1, 0.15) is 5.75 Å². The summed E-state index contributed by atoms with van der Waals surface area (Å²) in [5, 5.41) is 9.93. The smallest absolute Gasteiger partial charge is 0.257 e. The van der Waals surface area contributed by atoms with Gasteiger partial charge in [-0.1, -0.05) is 26.8 Å². The molecule has 0 saturated carbocycles. The van der Waals surface area contributed by atoms with Crippen LogP contribution in [0.25, 0.3) is 0 Å². The molecule has 0 bridgehead atoms. The first-order valence-electron chi connectivity index (χ1n) is 7.38. The number of likely N-dealkylation sites (tertiary alicyclic amines) is 1. The van der Waals surface area contributed by atoms with Crippen LogP contribution in [0, 0.1) is 18.3 Å². The van der Waals surface area contributed by atoms with Gasteiger partial charge in [0.25, 0.3) is 5.91 Å². The number of carbonyl (C=O) groups is 1. The van der Waals surface area contributed by atoms with Crippen LogP contribution in [-0.2, 0) is 0 Å². The van der Waals surface area contributed by atoms with E-state index in [4.69, 9.17) is 0 Å². The number of nitrogens with zero attached hydrogens (tertiary/aromatic N) is 1. The van der Waals surface area contributed by atoms with Crippen LogP contribution < -0.4 is 0 Å². The summed E-state index contributed by atoms with van der Waals surface area (Å²) in [6, 6.07) is 5.24. The zero-order chi connectivity index (χ0) is 14.9. The first-order valence-corrected chi connectivity index (χ1v) is 7.38. The Bertz CT molecular complexity index is 494. The van der Waals surface area contributed by atoms with E-state index in [9.17, 15) is 9.90 Å². The molecule has 1 heterocycles. The van der Waals surface area contributed by atoms with Crippen molar-refractivity contribution in [2.45, 2.75) is 40.5 Å². The molecule has 1 aromatic carbocycles. The van der Waals surface area contributed by atoms with Crippen molar-refractivity contribution in [1.29, 1.82) is 0 Å². The molecule has 0 unspecified atom stereocenters. The maximum atomic E-state index is 12.5. The van der Waals surface area contributed by atoms with E-state index in [1.165, 1.54) is 0 Å². The SMILES string of the molecule is Cc1ccc(C(=O)N2CCC(C(C)(C)C)CC2)c(O)c1. The lowest BCUT2D eigenvalue weighted by molar-refractivity contribution is 0.0606. The Kier molecular flexibility index (Phi) is 4.07. The van der Waals surface area contributed by atoms with Crippen molar-refractivity contribution in [3.63, 3.8) is 0 Å². The van der Waals surface area contributed by atoms with Crippen molar-refractivity contribution in [1.82, 2.24) is 4.90 Å². The predicted octanol–water partition coefficient (Wildman–Crippen LogP) is 3.60. The van der Waals surface area contributed by atoms with Gasteiger partial charge in [-0.15, -0.1) is 0 Å². The number of hydrogen-bond donors (Lipinski definition) is 1. The highest BCUT2D eigenvalue weighted by molar-refractivity contribution is 5.96. The van der Waals surface area contributed by atoms with E-state index in [1.54, 1.807) is 12.1 Å². The van der Waals surface area contributed by atoms with Crippen LogP contribution in [0.2, 0.25) is 0 Å². The van der Waals surface area contributed by atoms with Crippen LogP contribution in [0.4, 0.5) is 0 Å². The van der Waals surface area contributed by atoms with E-state index < -0.39 is 0 Å². The summed E-state index contributed by atoms with van der Waals surface area (Å²) in [7, 11) is 0. The summed E-state index contributed by atoms with van der Waals surface area (Å²) >= 11 is 0. The lowest BCUT2D eigenvalue weighted by atomic mass is 9.75. The molecular weight excluding hydrogens is 250 g/mol. The van der Waals surface area contributed by atoms with Crippen molar-refractivity contribution in [3.05, 3.63) is 29.3 Å². The third kappa shape index (κ3) is 3.14. The third-order valence-electron chi connectivity index (χ3n) is 4.39. The molecule has 3 nitrogen and oxygen atoms in total. The minimum atomic E-state index is -0.0464. The highest BCUT2D eigenvalue weighted by Gasteiger charge is 2.31. The van der Waals surface area contributed by atoms with E-state index in [1.807, 2.05) is 17.9 Å². The molecule has 0 aromatic heterocycles. The van der Waals surface area contributed by atoms with E-state index in [0.29, 0.717) is 16.9 Å². The summed E-state index contributed by atoms with van der Waals surface area (Å²) in [5.74, 6) is 0.709. The fourth-order valence-electron chi connectivity index (χ4n) is 2.94. The van der Waals surface area contributed by atoms with Crippen LogP contribution in [0.3, 0.4) is 0 Å². The normalized spacial score (nSPS) is 17.3. The third-order valence-corrected chi connectivity index (χ3v) is 4.39. The number of phenolic OH excluding ortho intramolecular Hbond substituents is 1. The van der Waals surface area contributed by atoms with Gasteiger partial charge in [-0.2, -0.15) is 0 Å². The minimum absolute atomic E-state index is 0.0464. The second-order valence-corrected chi connectivity index (χ2v) is 6.95. The van der Waals surface area contributed by atoms with Gasteiger partial charge < -0.3 is 10.0 Å². The molecule has 1 aliphatic heterocycles. The lowest BCUT2D eigenvalue weighted by Crippen LogP contribution is -2.41. The second-order valence-electron chi connectivity index (χ2n) is 6.95. The molecule has 20 heavy (non-hydrogen) atoms. The summed E-state index contributed by atoms with van der Waals surface area (Å²) in [5.41, 5.74) is 1.69. The van der Waals surface area contributed by atoms with E-state index >= 15 is 0 Å². The molecule has 0 atom stereocenters. The van der Waals surface area contributed by atoms with Gasteiger partial charge >= 0.3 is 0 Å². The summed E-state index contributed by atoms with van der Waals surface area (Å²) < 4.78 is 0. The van der Waals surface area contributed by atoms with Gasteiger partial charge in [0.05, 0.1) is 5.56 Å². The molecule has 1 aliphatic rings. The van der Waals surface area contributed by atoms with Gasteiger partial charge in [-0.3, -0.25) is 4.79 Å². The number of aromatic hydroxyl groups is 1. The fourth-order valence-corrected chi connectivity index (χ4v) is 2.94. The molecule has 1 N–H and O–H groups in total. The van der Waals surface area contributed by atoms with Crippen LogP contribution >= 0.6 is 0 Å². The maximum Gasteiger partial charge on any atom is 0.257 e. The summed E-state index contributed by atoms with van der Waals surface area (Å²) in [4.78, 5) is 14.3. The molecule has 1 fully saturated rings. The Hall–Kier alpha value is -1.51. The van der Waals surface area contributed by atoms with Crippen molar-refractivity contribution < 1.29 is 9.90 Å². The number of amides is 1. The van der Waals surface area contributed by atoms with Crippen LogP contribution in [-0.4, -0.2) is 29.0 Å². The molecule has 1 aromatic rings.